The Kier molecular flexibility index (Phi) is 4.08. The van der Waals surface area contributed by atoms with Gasteiger partial charge in [-0.2, -0.15) is 0 Å². The SMILES string of the molecule is C=CCC(c1ccccc1)c1ccc([N+](=O)[O-])cc1. The van der Waals surface area contributed by atoms with Gasteiger partial charge in [0.1, 0.15) is 0 Å². The van der Waals surface area contributed by atoms with Crippen LogP contribution in [0.25, 0.3) is 0 Å². The average molecular weight is 253 g/mol. The van der Waals surface area contributed by atoms with Crippen LogP contribution in [0, 0.1) is 10.1 Å². The third-order valence-electron chi connectivity index (χ3n) is 3.11. The Morgan fingerprint density at radius 3 is 2.16 bits per heavy atom. The van der Waals surface area contributed by atoms with E-state index in [-0.39, 0.29) is 16.5 Å². The molecule has 0 fully saturated rings. The second-order valence-electron chi connectivity index (χ2n) is 4.34. The van der Waals surface area contributed by atoms with E-state index in [4.69, 9.17) is 0 Å². The van der Waals surface area contributed by atoms with Crippen molar-refractivity contribution in [2.24, 2.45) is 0 Å². The van der Waals surface area contributed by atoms with E-state index in [0.29, 0.717) is 0 Å². The number of hydrogen-bond donors (Lipinski definition) is 0. The third kappa shape index (κ3) is 3.07. The average Bonchev–Trinajstić information content (AvgIpc) is 2.46. The third-order valence-corrected chi connectivity index (χ3v) is 3.11. The standard InChI is InChI=1S/C16H15NO2/c1-2-6-16(13-7-4-3-5-8-13)14-9-11-15(12-10-14)17(18)19/h2-5,7-12,16H,1,6H2. The maximum atomic E-state index is 10.7. The number of hydrogen-bond acceptors (Lipinski definition) is 2. The summed E-state index contributed by atoms with van der Waals surface area (Å²) in [5, 5.41) is 10.7. The van der Waals surface area contributed by atoms with Gasteiger partial charge in [-0.25, -0.2) is 0 Å². The molecular formula is C16H15NO2. The van der Waals surface area contributed by atoms with Gasteiger partial charge in [-0.3, -0.25) is 10.1 Å². The van der Waals surface area contributed by atoms with E-state index < -0.39 is 0 Å². The minimum Gasteiger partial charge on any atom is -0.258 e. The molecule has 0 heterocycles. The number of rotatable bonds is 5. The zero-order chi connectivity index (χ0) is 13.7. The van der Waals surface area contributed by atoms with E-state index in [9.17, 15) is 10.1 Å². The lowest BCUT2D eigenvalue weighted by atomic mass is 9.88. The van der Waals surface area contributed by atoms with Gasteiger partial charge in [0.25, 0.3) is 5.69 Å². The summed E-state index contributed by atoms with van der Waals surface area (Å²) in [4.78, 5) is 10.3. The molecule has 96 valence electrons. The van der Waals surface area contributed by atoms with Crippen LogP contribution < -0.4 is 0 Å². The first-order chi connectivity index (χ1) is 9.22. The van der Waals surface area contributed by atoms with E-state index in [1.54, 1.807) is 12.1 Å². The summed E-state index contributed by atoms with van der Waals surface area (Å²) in [6.07, 6.45) is 2.68. The molecule has 0 bridgehead atoms. The highest BCUT2D eigenvalue weighted by Crippen LogP contribution is 2.29. The number of nitro benzene ring substituents is 1. The summed E-state index contributed by atoms with van der Waals surface area (Å²) in [5.41, 5.74) is 2.38. The Bertz CT molecular complexity index is 561. The molecule has 0 radical (unpaired) electrons. The van der Waals surface area contributed by atoms with E-state index >= 15 is 0 Å². The van der Waals surface area contributed by atoms with Crippen molar-refractivity contribution in [2.75, 3.05) is 0 Å². The van der Waals surface area contributed by atoms with Crippen molar-refractivity contribution in [3.8, 4) is 0 Å². The number of nitrogens with zero attached hydrogens (tertiary/aromatic N) is 1. The molecule has 0 saturated heterocycles. The summed E-state index contributed by atoms with van der Waals surface area (Å²) < 4.78 is 0. The van der Waals surface area contributed by atoms with Gasteiger partial charge in [-0.1, -0.05) is 48.5 Å². The minimum absolute atomic E-state index is 0.120. The van der Waals surface area contributed by atoms with E-state index in [2.05, 4.69) is 18.7 Å². The Morgan fingerprint density at radius 2 is 1.63 bits per heavy atom. The summed E-state index contributed by atoms with van der Waals surface area (Å²) in [5.74, 6) is 0.194. The zero-order valence-corrected chi connectivity index (χ0v) is 10.5. The molecule has 0 aliphatic heterocycles. The molecule has 0 N–H and O–H groups in total. The van der Waals surface area contributed by atoms with Crippen LogP contribution in [0.4, 0.5) is 5.69 Å². The van der Waals surface area contributed by atoms with Gasteiger partial charge in [0.05, 0.1) is 4.92 Å². The normalized spacial score (nSPS) is 11.8. The smallest absolute Gasteiger partial charge is 0.258 e. The first-order valence-corrected chi connectivity index (χ1v) is 6.12. The van der Waals surface area contributed by atoms with Gasteiger partial charge in [0.2, 0.25) is 0 Å². The Morgan fingerprint density at radius 1 is 1.05 bits per heavy atom. The van der Waals surface area contributed by atoms with Gasteiger partial charge in [0, 0.05) is 18.1 Å². The van der Waals surface area contributed by atoms with Gasteiger partial charge in [-0.15, -0.1) is 6.58 Å². The largest absolute Gasteiger partial charge is 0.269 e. The van der Waals surface area contributed by atoms with E-state index in [1.165, 1.54) is 5.56 Å². The Balaban J connectivity index is 2.34. The summed E-state index contributed by atoms with van der Waals surface area (Å²) in [6, 6.07) is 16.8. The molecule has 3 nitrogen and oxygen atoms in total. The molecule has 2 aromatic rings. The topological polar surface area (TPSA) is 43.1 Å². The second kappa shape index (κ2) is 5.96. The lowest BCUT2D eigenvalue weighted by Gasteiger charge is -2.16. The second-order valence-corrected chi connectivity index (χ2v) is 4.34. The molecule has 3 heteroatoms. The summed E-state index contributed by atoms with van der Waals surface area (Å²) >= 11 is 0. The van der Waals surface area contributed by atoms with Crippen molar-refractivity contribution < 1.29 is 4.92 Å². The molecule has 2 rings (SSSR count). The molecule has 0 aromatic heterocycles. The quantitative estimate of drug-likeness (QED) is 0.453. The van der Waals surface area contributed by atoms with Crippen LogP contribution in [0.1, 0.15) is 23.5 Å². The molecule has 0 amide bonds. The van der Waals surface area contributed by atoms with E-state index in [0.717, 1.165) is 12.0 Å². The van der Waals surface area contributed by atoms with Gasteiger partial charge < -0.3 is 0 Å². The fraction of sp³-hybridized carbons (Fsp3) is 0.125. The van der Waals surface area contributed by atoms with Crippen molar-refractivity contribution in [3.05, 3.63) is 88.5 Å². The van der Waals surface area contributed by atoms with E-state index in [1.807, 2.05) is 36.4 Å². The van der Waals surface area contributed by atoms with Gasteiger partial charge >= 0.3 is 0 Å². The maximum absolute atomic E-state index is 10.7. The summed E-state index contributed by atoms with van der Waals surface area (Å²) in [6.45, 7) is 3.79. The molecule has 0 spiro atoms. The maximum Gasteiger partial charge on any atom is 0.269 e. The van der Waals surface area contributed by atoms with Crippen molar-refractivity contribution >= 4 is 5.69 Å². The minimum atomic E-state index is -0.380. The number of benzene rings is 2. The molecule has 19 heavy (non-hydrogen) atoms. The lowest BCUT2D eigenvalue weighted by molar-refractivity contribution is -0.384. The van der Waals surface area contributed by atoms with Crippen LogP contribution in [0.3, 0.4) is 0 Å². The fourth-order valence-corrected chi connectivity index (χ4v) is 2.14. The predicted octanol–water partition coefficient (Wildman–Crippen LogP) is 4.30. The van der Waals surface area contributed by atoms with Crippen molar-refractivity contribution in [2.45, 2.75) is 12.3 Å². The highest BCUT2D eigenvalue weighted by atomic mass is 16.6. The first kappa shape index (κ1) is 13.0. The summed E-state index contributed by atoms with van der Waals surface area (Å²) in [7, 11) is 0. The monoisotopic (exact) mass is 253 g/mol. The molecule has 0 aliphatic rings. The van der Waals surface area contributed by atoms with Crippen LogP contribution in [0.2, 0.25) is 0 Å². The van der Waals surface area contributed by atoms with Crippen molar-refractivity contribution in [1.82, 2.24) is 0 Å². The molecule has 1 unspecified atom stereocenters. The van der Waals surface area contributed by atoms with Gasteiger partial charge in [-0.05, 0) is 17.5 Å². The highest BCUT2D eigenvalue weighted by Gasteiger charge is 2.13. The lowest BCUT2D eigenvalue weighted by Crippen LogP contribution is -2.00. The van der Waals surface area contributed by atoms with Crippen LogP contribution in [-0.4, -0.2) is 4.92 Å². The molecule has 2 aromatic carbocycles. The molecule has 1 atom stereocenters. The highest BCUT2D eigenvalue weighted by molar-refractivity contribution is 5.39. The molecular weight excluding hydrogens is 238 g/mol. The van der Waals surface area contributed by atoms with Crippen LogP contribution in [0.5, 0.6) is 0 Å². The van der Waals surface area contributed by atoms with Crippen LogP contribution in [-0.2, 0) is 0 Å². The Labute approximate surface area is 112 Å². The molecule has 0 aliphatic carbocycles. The van der Waals surface area contributed by atoms with Gasteiger partial charge in [0.15, 0.2) is 0 Å². The number of non-ortho nitro benzene ring substituents is 1. The number of nitro groups is 1. The predicted molar refractivity (Wildman–Crippen MR) is 76.2 cm³/mol. The Hall–Kier alpha value is -2.42. The van der Waals surface area contributed by atoms with Crippen LogP contribution in [0.15, 0.2) is 67.3 Å². The number of allylic oxidation sites excluding steroid dienone is 1. The van der Waals surface area contributed by atoms with Crippen molar-refractivity contribution in [1.29, 1.82) is 0 Å². The fourth-order valence-electron chi connectivity index (χ4n) is 2.14. The zero-order valence-electron chi connectivity index (χ0n) is 10.5. The van der Waals surface area contributed by atoms with Crippen molar-refractivity contribution in [3.63, 3.8) is 0 Å². The molecule has 0 saturated carbocycles. The first-order valence-electron chi connectivity index (χ1n) is 6.12. The van der Waals surface area contributed by atoms with Crippen LogP contribution >= 0.6 is 0 Å².